The quantitative estimate of drug-likeness (QED) is 0.914. The first-order valence-corrected chi connectivity index (χ1v) is 8.11. The summed E-state index contributed by atoms with van der Waals surface area (Å²) in [5.41, 5.74) is 8.59. The second kappa shape index (κ2) is 6.59. The molecule has 2 aliphatic rings. The molecule has 110 valence electrons. The van der Waals surface area contributed by atoms with Crippen LogP contribution in [0.5, 0.6) is 0 Å². The molecule has 0 atom stereocenters. The van der Waals surface area contributed by atoms with E-state index in [0.717, 1.165) is 32.1 Å². The Kier molecular flexibility index (Phi) is 4.58. The number of hydrogen-bond acceptors (Lipinski definition) is 3. The molecule has 1 aromatic carbocycles. The molecule has 0 amide bonds. The number of hydrogen-bond donors (Lipinski definition) is 1. The van der Waals surface area contributed by atoms with Crippen LogP contribution in [0.2, 0.25) is 0 Å². The first-order chi connectivity index (χ1) is 9.85. The molecule has 2 heterocycles. The number of piperidine rings is 1. The zero-order valence-corrected chi connectivity index (χ0v) is 12.4. The largest absolute Gasteiger partial charge is 0.372 e. The lowest BCUT2D eigenvalue weighted by molar-refractivity contribution is 0.331. The van der Waals surface area contributed by atoms with Crippen molar-refractivity contribution in [1.82, 2.24) is 4.90 Å². The van der Waals surface area contributed by atoms with Crippen LogP contribution in [0.3, 0.4) is 0 Å². The van der Waals surface area contributed by atoms with Crippen LogP contribution in [0.1, 0.15) is 31.2 Å². The smallest absolute Gasteiger partial charge is 0.0366 e. The lowest BCUT2D eigenvalue weighted by Crippen LogP contribution is -2.36. The molecule has 1 aromatic rings. The summed E-state index contributed by atoms with van der Waals surface area (Å²) >= 11 is 0. The summed E-state index contributed by atoms with van der Waals surface area (Å²) in [4.78, 5) is 5.06. The van der Waals surface area contributed by atoms with Gasteiger partial charge in [0.2, 0.25) is 0 Å². The monoisotopic (exact) mass is 273 g/mol. The molecule has 2 N–H and O–H groups in total. The average Bonchev–Trinajstić information content (AvgIpc) is 3.01. The summed E-state index contributed by atoms with van der Waals surface area (Å²) in [6, 6.07) is 9.22. The molecular weight excluding hydrogens is 246 g/mol. The second-order valence-corrected chi connectivity index (χ2v) is 6.32. The van der Waals surface area contributed by atoms with E-state index in [1.807, 2.05) is 0 Å². The van der Waals surface area contributed by atoms with E-state index in [4.69, 9.17) is 5.73 Å². The van der Waals surface area contributed by atoms with Gasteiger partial charge in [-0.3, -0.25) is 4.90 Å². The van der Waals surface area contributed by atoms with E-state index in [2.05, 4.69) is 34.1 Å². The standard InChI is InChI=1S/C17H27N3/c18-13-15-7-11-20(12-8-15)17-5-3-16(4-6-17)14-19-9-1-2-10-19/h3-6,15H,1-2,7-14,18H2. The molecule has 0 radical (unpaired) electrons. The van der Waals surface area contributed by atoms with E-state index in [1.165, 1.54) is 50.0 Å². The topological polar surface area (TPSA) is 32.5 Å². The van der Waals surface area contributed by atoms with E-state index in [9.17, 15) is 0 Å². The predicted octanol–water partition coefficient (Wildman–Crippen LogP) is 2.46. The van der Waals surface area contributed by atoms with Gasteiger partial charge in [0, 0.05) is 25.3 Å². The molecule has 3 heteroatoms. The highest BCUT2D eigenvalue weighted by molar-refractivity contribution is 5.48. The number of rotatable bonds is 4. The third-order valence-electron chi connectivity index (χ3n) is 4.85. The average molecular weight is 273 g/mol. The summed E-state index contributed by atoms with van der Waals surface area (Å²) in [5.74, 6) is 0.737. The maximum atomic E-state index is 5.76. The molecule has 3 rings (SSSR count). The first kappa shape index (κ1) is 13.9. The fourth-order valence-corrected chi connectivity index (χ4v) is 3.44. The van der Waals surface area contributed by atoms with Crippen molar-refractivity contribution in [2.45, 2.75) is 32.2 Å². The Labute approximate surface area is 122 Å². The fraction of sp³-hybridized carbons (Fsp3) is 0.647. The van der Waals surface area contributed by atoms with E-state index < -0.39 is 0 Å². The zero-order valence-electron chi connectivity index (χ0n) is 12.4. The summed E-state index contributed by atoms with van der Waals surface area (Å²) in [7, 11) is 0. The molecule has 2 saturated heterocycles. The number of nitrogens with zero attached hydrogens (tertiary/aromatic N) is 2. The highest BCUT2D eigenvalue weighted by atomic mass is 15.1. The van der Waals surface area contributed by atoms with Crippen molar-refractivity contribution in [2.75, 3.05) is 37.6 Å². The number of benzene rings is 1. The SMILES string of the molecule is NCC1CCN(c2ccc(CN3CCCC3)cc2)CC1. The van der Waals surface area contributed by atoms with Gasteiger partial charge in [-0.1, -0.05) is 12.1 Å². The molecule has 0 aromatic heterocycles. The highest BCUT2D eigenvalue weighted by Crippen LogP contribution is 2.23. The summed E-state index contributed by atoms with van der Waals surface area (Å²) in [6.07, 6.45) is 5.22. The van der Waals surface area contributed by atoms with Crippen LogP contribution in [0.15, 0.2) is 24.3 Å². The maximum Gasteiger partial charge on any atom is 0.0366 e. The van der Waals surface area contributed by atoms with Gasteiger partial charge in [0.05, 0.1) is 0 Å². The molecule has 0 saturated carbocycles. The molecule has 0 unspecified atom stereocenters. The third kappa shape index (κ3) is 3.33. The van der Waals surface area contributed by atoms with Crippen molar-refractivity contribution in [1.29, 1.82) is 0 Å². The Bertz CT molecular complexity index is 401. The molecule has 2 aliphatic heterocycles. The highest BCUT2D eigenvalue weighted by Gasteiger charge is 2.18. The Morgan fingerprint density at radius 1 is 0.950 bits per heavy atom. The van der Waals surface area contributed by atoms with Gasteiger partial charge in [-0.2, -0.15) is 0 Å². The van der Waals surface area contributed by atoms with Gasteiger partial charge in [-0.15, -0.1) is 0 Å². The van der Waals surface area contributed by atoms with Crippen LogP contribution >= 0.6 is 0 Å². The molecule has 3 nitrogen and oxygen atoms in total. The Balaban J connectivity index is 1.55. The normalized spacial score (nSPS) is 21.6. The fourth-order valence-electron chi connectivity index (χ4n) is 3.44. The van der Waals surface area contributed by atoms with Crippen molar-refractivity contribution in [3.8, 4) is 0 Å². The summed E-state index contributed by atoms with van der Waals surface area (Å²) in [5, 5.41) is 0. The summed E-state index contributed by atoms with van der Waals surface area (Å²) < 4.78 is 0. The van der Waals surface area contributed by atoms with Gasteiger partial charge in [-0.05, 0) is 68.9 Å². The van der Waals surface area contributed by atoms with Crippen molar-refractivity contribution in [3.05, 3.63) is 29.8 Å². The molecular formula is C17H27N3. The first-order valence-electron chi connectivity index (χ1n) is 8.11. The van der Waals surface area contributed by atoms with Gasteiger partial charge in [0.25, 0.3) is 0 Å². The van der Waals surface area contributed by atoms with Crippen LogP contribution in [-0.2, 0) is 6.54 Å². The molecule has 0 spiro atoms. The van der Waals surface area contributed by atoms with Crippen LogP contribution in [0.25, 0.3) is 0 Å². The van der Waals surface area contributed by atoms with Crippen LogP contribution in [0, 0.1) is 5.92 Å². The predicted molar refractivity (Wildman–Crippen MR) is 84.9 cm³/mol. The minimum Gasteiger partial charge on any atom is -0.372 e. The van der Waals surface area contributed by atoms with Gasteiger partial charge >= 0.3 is 0 Å². The van der Waals surface area contributed by atoms with E-state index >= 15 is 0 Å². The van der Waals surface area contributed by atoms with Gasteiger partial charge in [0.15, 0.2) is 0 Å². The Morgan fingerprint density at radius 3 is 2.20 bits per heavy atom. The third-order valence-corrected chi connectivity index (χ3v) is 4.85. The van der Waals surface area contributed by atoms with Crippen LogP contribution in [-0.4, -0.2) is 37.6 Å². The van der Waals surface area contributed by atoms with Crippen molar-refractivity contribution >= 4 is 5.69 Å². The van der Waals surface area contributed by atoms with E-state index in [1.54, 1.807) is 0 Å². The number of nitrogens with two attached hydrogens (primary N) is 1. The van der Waals surface area contributed by atoms with Crippen molar-refractivity contribution in [3.63, 3.8) is 0 Å². The molecule has 0 bridgehead atoms. The lowest BCUT2D eigenvalue weighted by Gasteiger charge is -2.33. The second-order valence-electron chi connectivity index (χ2n) is 6.32. The Hall–Kier alpha value is -1.06. The molecule has 20 heavy (non-hydrogen) atoms. The van der Waals surface area contributed by atoms with Gasteiger partial charge < -0.3 is 10.6 Å². The minimum atomic E-state index is 0.737. The Morgan fingerprint density at radius 2 is 1.60 bits per heavy atom. The maximum absolute atomic E-state index is 5.76. The summed E-state index contributed by atoms with van der Waals surface area (Å²) in [6.45, 7) is 6.83. The lowest BCUT2D eigenvalue weighted by atomic mass is 9.96. The van der Waals surface area contributed by atoms with Gasteiger partial charge in [0.1, 0.15) is 0 Å². The zero-order chi connectivity index (χ0) is 13.8. The van der Waals surface area contributed by atoms with Crippen LogP contribution < -0.4 is 10.6 Å². The van der Waals surface area contributed by atoms with Crippen molar-refractivity contribution < 1.29 is 0 Å². The number of anilines is 1. The van der Waals surface area contributed by atoms with Crippen molar-refractivity contribution in [2.24, 2.45) is 11.7 Å². The van der Waals surface area contributed by atoms with E-state index in [0.29, 0.717) is 0 Å². The molecule has 0 aliphatic carbocycles. The van der Waals surface area contributed by atoms with Gasteiger partial charge in [-0.25, -0.2) is 0 Å². The molecule has 2 fully saturated rings. The minimum absolute atomic E-state index is 0.737. The van der Waals surface area contributed by atoms with Crippen LogP contribution in [0.4, 0.5) is 5.69 Å². The number of likely N-dealkylation sites (tertiary alicyclic amines) is 1. The van der Waals surface area contributed by atoms with E-state index in [-0.39, 0.29) is 0 Å².